The molecule has 0 aliphatic heterocycles. The van der Waals surface area contributed by atoms with Gasteiger partial charge >= 0.3 is 0 Å². The number of methoxy groups -OCH3 is 1. The van der Waals surface area contributed by atoms with Crippen LogP contribution >= 0.6 is 11.3 Å². The molecule has 1 atom stereocenters. The summed E-state index contributed by atoms with van der Waals surface area (Å²) in [6, 6.07) is 8.60. The fourth-order valence-electron chi connectivity index (χ4n) is 2.12. The molecule has 20 heavy (non-hydrogen) atoms. The average Bonchev–Trinajstić information content (AvgIpc) is 2.84. The monoisotopic (exact) mass is 291 g/mol. The summed E-state index contributed by atoms with van der Waals surface area (Å²) in [6.07, 6.45) is 0.957. The molecule has 0 radical (unpaired) electrons. The standard InChI is InChI=1S/C15H21N3OS/c1-11(9-13-7-5-6-8-14(13)19-4)18(3)10-15-17-16-12(2)20-15/h5-8,11H,9-10H2,1-4H3/t11-/m1/s1. The number of ether oxygens (including phenoxy) is 1. The molecule has 1 heterocycles. The zero-order valence-corrected chi connectivity index (χ0v) is 13.3. The highest BCUT2D eigenvalue weighted by molar-refractivity contribution is 7.11. The third kappa shape index (κ3) is 3.77. The summed E-state index contributed by atoms with van der Waals surface area (Å²) in [5.74, 6) is 0.958. The minimum absolute atomic E-state index is 0.413. The average molecular weight is 291 g/mol. The van der Waals surface area contributed by atoms with Gasteiger partial charge in [-0.3, -0.25) is 4.90 Å². The Bertz CT molecular complexity index is 556. The molecule has 1 aromatic heterocycles. The van der Waals surface area contributed by atoms with Gasteiger partial charge in [0, 0.05) is 6.04 Å². The Morgan fingerprint density at radius 1 is 1.30 bits per heavy atom. The second-order valence-corrected chi connectivity index (χ2v) is 6.26. The summed E-state index contributed by atoms with van der Waals surface area (Å²) in [5.41, 5.74) is 1.24. The van der Waals surface area contributed by atoms with Crippen molar-refractivity contribution in [2.24, 2.45) is 0 Å². The van der Waals surface area contributed by atoms with Crippen LogP contribution in [0.15, 0.2) is 24.3 Å². The first-order valence-corrected chi connectivity index (χ1v) is 7.53. The number of nitrogens with zero attached hydrogens (tertiary/aromatic N) is 3. The normalized spacial score (nSPS) is 12.7. The van der Waals surface area contributed by atoms with Crippen molar-refractivity contribution in [3.8, 4) is 5.75 Å². The van der Waals surface area contributed by atoms with Gasteiger partial charge in [0.2, 0.25) is 0 Å². The van der Waals surface area contributed by atoms with Crippen molar-refractivity contribution in [2.75, 3.05) is 14.2 Å². The first-order chi connectivity index (χ1) is 9.60. The van der Waals surface area contributed by atoms with Crippen LogP contribution in [-0.2, 0) is 13.0 Å². The van der Waals surface area contributed by atoms with E-state index in [1.807, 2.05) is 19.1 Å². The summed E-state index contributed by atoms with van der Waals surface area (Å²) < 4.78 is 5.41. The molecule has 1 aromatic carbocycles. The lowest BCUT2D eigenvalue weighted by Crippen LogP contribution is -2.30. The summed E-state index contributed by atoms with van der Waals surface area (Å²) in [6.45, 7) is 5.04. The van der Waals surface area contributed by atoms with Crippen molar-refractivity contribution in [3.05, 3.63) is 39.8 Å². The Hall–Kier alpha value is -1.46. The highest BCUT2D eigenvalue weighted by Crippen LogP contribution is 2.21. The maximum absolute atomic E-state index is 5.41. The van der Waals surface area contributed by atoms with Crippen LogP contribution in [0.4, 0.5) is 0 Å². The van der Waals surface area contributed by atoms with Crippen molar-refractivity contribution in [1.82, 2.24) is 15.1 Å². The van der Waals surface area contributed by atoms with Gasteiger partial charge in [-0.15, -0.1) is 21.5 Å². The number of aryl methyl sites for hydroxylation is 1. The van der Waals surface area contributed by atoms with Crippen molar-refractivity contribution < 1.29 is 4.74 Å². The predicted octanol–water partition coefficient (Wildman–Crippen LogP) is 2.92. The third-order valence-corrected chi connectivity index (χ3v) is 4.24. The minimum atomic E-state index is 0.413. The quantitative estimate of drug-likeness (QED) is 0.820. The van der Waals surface area contributed by atoms with Gasteiger partial charge in [0.05, 0.1) is 13.7 Å². The molecule has 4 nitrogen and oxygen atoms in total. The van der Waals surface area contributed by atoms with E-state index in [-0.39, 0.29) is 0 Å². The van der Waals surface area contributed by atoms with Crippen molar-refractivity contribution >= 4 is 11.3 Å². The van der Waals surface area contributed by atoms with Gasteiger partial charge in [0.1, 0.15) is 15.8 Å². The summed E-state index contributed by atoms with van der Waals surface area (Å²) >= 11 is 1.66. The van der Waals surface area contributed by atoms with Crippen molar-refractivity contribution in [1.29, 1.82) is 0 Å². The molecule has 0 aliphatic rings. The number of aromatic nitrogens is 2. The first-order valence-electron chi connectivity index (χ1n) is 6.71. The van der Waals surface area contributed by atoms with Crippen LogP contribution in [0.1, 0.15) is 22.5 Å². The Labute approximate surface area is 124 Å². The van der Waals surface area contributed by atoms with Gasteiger partial charge in [-0.25, -0.2) is 0 Å². The van der Waals surface area contributed by atoms with E-state index in [0.717, 1.165) is 28.7 Å². The van der Waals surface area contributed by atoms with Crippen LogP contribution in [0.3, 0.4) is 0 Å². The highest BCUT2D eigenvalue weighted by atomic mass is 32.1. The van der Waals surface area contributed by atoms with E-state index in [1.165, 1.54) is 5.56 Å². The molecular weight excluding hydrogens is 270 g/mol. The molecule has 0 unspecified atom stereocenters. The van der Waals surface area contributed by atoms with Crippen LogP contribution in [0.25, 0.3) is 0 Å². The lowest BCUT2D eigenvalue weighted by Gasteiger charge is -2.24. The SMILES string of the molecule is COc1ccccc1C[C@@H](C)N(C)Cc1nnc(C)s1. The molecule has 0 amide bonds. The van der Waals surface area contributed by atoms with Crippen LogP contribution in [-0.4, -0.2) is 35.3 Å². The number of likely N-dealkylation sites (N-methyl/N-ethyl adjacent to an activating group) is 1. The second-order valence-electron chi connectivity index (χ2n) is 4.99. The zero-order chi connectivity index (χ0) is 14.5. The van der Waals surface area contributed by atoms with Gasteiger partial charge in [-0.05, 0) is 38.9 Å². The smallest absolute Gasteiger partial charge is 0.131 e. The molecule has 5 heteroatoms. The van der Waals surface area contributed by atoms with Crippen LogP contribution in [0.2, 0.25) is 0 Å². The molecule has 108 valence electrons. The molecule has 0 saturated carbocycles. The van der Waals surface area contributed by atoms with Gasteiger partial charge in [0.15, 0.2) is 0 Å². The summed E-state index contributed by atoms with van der Waals surface area (Å²) in [7, 11) is 3.84. The largest absolute Gasteiger partial charge is 0.496 e. The molecule has 0 aliphatic carbocycles. The highest BCUT2D eigenvalue weighted by Gasteiger charge is 2.14. The Morgan fingerprint density at radius 3 is 2.70 bits per heavy atom. The summed E-state index contributed by atoms with van der Waals surface area (Å²) in [4.78, 5) is 2.30. The number of para-hydroxylation sites is 1. The summed E-state index contributed by atoms with van der Waals surface area (Å²) in [5, 5.41) is 10.3. The van der Waals surface area contributed by atoms with Crippen molar-refractivity contribution in [3.63, 3.8) is 0 Å². The molecule has 2 aromatic rings. The van der Waals surface area contributed by atoms with E-state index in [0.29, 0.717) is 6.04 Å². The lowest BCUT2D eigenvalue weighted by molar-refractivity contribution is 0.245. The fourth-order valence-corrected chi connectivity index (χ4v) is 2.89. The Balaban J connectivity index is 1.98. The molecule has 0 spiro atoms. The van der Waals surface area contributed by atoms with Gasteiger partial charge in [0.25, 0.3) is 0 Å². The van der Waals surface area contributed by atoms with E-state index in [1.54, 1.807) is 18.4 Å². The van der Waals surface area contributed by atoms with E-state index in [2.05, 4.69) is 41.2 Å². The van der Waals surface area contributed by atoms with Crippen LogP contribution in [0, 0.1) is 6.92 Å². The van der Waals surface area contributed by atoms with Crippen LogP contribution in [0.5, 0.6) is 5.75 Å². The number of rotatable bonds is 6. The predicted molar refractivity (Wildman–Crippen MR) is 82.3 cm³/mol. The van der Waals surface area contributed by atoms with E-state index < -0.39 is 0 Å². The third-order valence-electron chi connectivity index (χ3n) is 3.41. The van der Waals surface area contributed by atoms with Crippen LogP contribution < -0.4 is 4.74 Å². The lowest BCUT2D eigenvalue weighted by atomic mass is 10.1. The second kappa shape index (κ2) is 6.81. The molecular formula is C15H21N3OS. The van der Waals surface area contributed by atoms with E-state index >= 15 is 0 Å². The molecule has 0 N–H and O–H groups in total. The van der Waals surface area contributed by atoms with E-state index in [4.69, 9.17) is 4.74 Å². The number of hydrogen-bond acceptors (Lipinski definition) is 5. The van der Waals surface area contributed by atoms with E-state index in [9.17, 15) is 0 Å². The van der Waals surface area contributed by atoms with Gasteiger partial charge in [-0.1, -0.05) is 18.2 Å². The van der Waals surface area contributed by atoms with Crippen molar-refractivity contribution in [2.45, 2.75) is 32.9 Å². The minimum Gasteiger partial charge on any atom is -0.496 e. The maximum Gasteiger partial charge on any atom is 0.131 e. The molecule has 0 bridgehead atoms. The zero-order valence-electron chi connectivity index (χ0n) is 12.5. The maximum atomic E-state index is 5.41. The topological polar surface area (TPSA) is 38.2 Å². The Morgan fingerprint density at radius 2 is 2.05 bits per heavy atom. The molecule has 0 fully saturated rings. The number of hydrogen-bond donors (Lipinski definition) is 0. The van der Waals surface area contributed by atoms with Gasteiger partial charge in [-0.2, -0.15) is 0 Å². The van der Waals surface area contributed by atoms with Gasteiger partial charge < -0.3 is 4.74 Å². The number of benzene rings is 1. The molecule has 2 rings (SSSR count). The Kier molecular flexibility index (Phi) is 5.09. The first kappa shape index (κ1) is 14.9. The fraction of sp³-hybridized carbons (Fsp3) is 0.467. The molecule has 0 saturated heterocycles.